The second-order valence-corrected chi connectivity index (χ2v) is 6.21. The second-order valence-electron chi connectivity index (χ2n) is 4.45. The molecule has 1 atom stereocenters. The molecule has 1 aromatic carbocycles. The van der Waals surface area contributed by atoms with Gasteiger partial charge in [-0.25, -0.2) is 17.9 Å². The minimum atomic E-state index is -3.80. The lowest BCUT2D eigenvalue weighted by Crippen LogP contribution is -2.27. The van der Waals surface area contributed by atoms with Gasteiger partial charge in [0, 0.05) is 6.54 Å². The molecule has 0 aliphatic rings. The number of carbonyl (C=O) groups is 2. The summed E-state index contributed by atoms with van der Waals surface area (Å²) in [6.07, 6.45) is 0.172. The quantitative estimate of drug-likeness (QED) is 0.722. The minimum absolute atomic E-state index is 0.00173. The summed E-state index contributed by atoms with van der Waals surface area (Å²) in [5, 5.41) is 8.72. The first-order chi connectivity index (χ1) is 9.77. The molecule has 116 valence electrons. The summed E-state index contributed by atoms with van der Waals surface area (Å²) < 4.78 is 30.9. The Morgan fingerprint density at radius 2 is 2.05 bits per heavy atom. The first-order valence-corrected chi connectivity index (χ1v) is 7.67. The Morgan fingerprint density at radius 3 is 2.62 bits per heavy atom. The van der Waals surface area contributed by atoms with E-state index in [1.54, 1.807) is 0 Å². The molecule has 0 bridgehead atoms. The molecule has 2 N–H and O–H groups in total. The molecule has 1 aromatic rings. The molecule has 0 aliphatic heterocycles. The number of rotatable bonds is 7. The Hall–Kier alpha value is -1.93. The van der Waals surface area contributed by atoms with Crippen LogP contribution in [-0.2, 0) is 19.6 Å². The third-order valence-electron chi connectivity index (χ3n) is 2.86. The monoisotopic (exact) mass is 315 g/mol. The molecule has 0 heterocycles. The van der Waals surface area contributed by atoms with E-state index in [0.717, 1.165) is 0 Å². The van der Waals surface area contributed by atoms with Crippen LogP contribution in [0.1, 0.15) is 23.7 Å². The molecule has 0 fully saturated rings. The third kappa shape index (κ3) is 4.83. The van der Waals surface area contributed by atoms with Crippen LogP contribution in [0.2, 0.25) is 0 Å². The molecule has 0 saturated carbocycles. The molecule has 0 aliphatic carbocycles. The van der Waals surface area contributed by atoms with E-state index in [1.165, 1.54) is 38.3 Å². The number of hydrogen-bond acceptors (Lipinski definition) is 5. The molecule has 1 unspecified atom stereocenters. The fraction of sp³-hybridized carbons (Fsp3) is 0.385. The van der Waals surface area contributed by atoms with Gasteiger partial charge in [0.2, 0.25) is 10.0 Å². The van der Waals surface area contributed by atoms with Crippen LogP contribution in [0.15, 0.2) is 29.2 Å². The number of nitrogens with one attached hydrogen (secondary N) is 1. The van der Waals surface area contributed by atoms with Gasteiger partial charge in [0.15, 0.2) is 0 Å². The number of carboxylic acids is 1. The highest BCUT2D eigenvalue weighted by Crippen LogP contribution is 2.12. The summed E-state index contributed by atoms with van der Waals surface area (Å²) >= 11 is 0. The average Bonchev–Trinajstić information content (AvgIpc) is 2.46. The Morgan fingerprint density at radius 1 is 1.38 bits per heavy atom. The zero-order chi connectivity index (χ0) is 16.0. The summed E-state index contributed by atoms with van der Waals surface area (Å²) in [6, 6.07) is 5.42. The normalized spacial score (nSPS) is 12.7. The molecule has 21 heavy (non-hydrogen) atoms. The van der Waals surface area contributed by atoms with Crippen LogP contribution < -0.4 is 4.72 Å². The fourth-order valence-corrected chi connectivity index (χ4v) is 2.62. The Labute approximate surface area is 123 Å². The third-order valence-corrected chi connectivity index (χ3v) is 4.32. The molecule has 8 heteroatoms. The first-order valence-electron chi connectivity index (χ1n) is 6.19. The zero-order valence-electron chi connectivity index (χ0n) is 11.7. The van der Waals surface area contributed by atoms with Crippen LogP contribution in [0, 0.1) is 5.92 Å². The highest BCUT2D eigenvalue weighted by Gasteiger charge is 2.17. The number of carboxylic acid groups (broad SMARTS) is 1. The summed E-state index contributed by atoms with van der Waals surface area (Å²) in [5.41, 5.74) is 0.124. The number of methoxy groups -OCH3 is 1. The number of esters is 1. The molecule has 0 saturated heterocycles. The van der Waals surface area contributed by atoms with Gasteiger partial charge in [0.05, 0.1) is 23.5 Å². The number of ether oxygens (including phenoxy) is 1. The van der Waals surface area contributed by atoms with E-state index in [-0.39, 0.29) is 23.4 Å². The van der Waals surface area contributed by atoms with E-state index in [1.807, 2.05) is 0 Å². The Kier molecular flexibility index (Phi) is 5.86. The van der Waals surface area contributed by atoms with Crippen LogP contribution >= 0.6 is 0 Å². The van der Waals surface area contributed by atoms with Crippen molar-refractivity contribution >= 4 is 22.0 Å². The molecule has 0 radical (unpaired) electrons. The van der Waals surface area contributed by atoms with Crippen molar-refractivity contribution in [2.45, 2.75) is 18.2 Å². The smallest absolute Gasteiger partial charge is 0.337 e. The summed E-state index contributed by atoms with van der Waals surface area (Å²) in [5.74, 6) is -2.26. The van der Waals surface area contributed by atoms with Gasteiger partial charge in [-0.2, -0.15) is 0 Å². The van der Waals surface area contributed by atoms with Crippen LogP contribution in [0.4, 0.5) is 0 Å². The van der Waals surface area contributed by atoms with Gasteiger partial charge in [0.1, 0.15) is 0 Å². The van der Waals surface area contributed by atoms with Crippen molar-refractivity contribution in [2.75, 3.05) is 13.7 Å². The first kappa shape index (κ1) is 17.1. The zero-order valence-corrected chi connectivity index (χ0v) is 12.5. The van der Waals surface area contributed by atoms with E-state index in [4.69, 9.17) is 5.11 Å². The number of hydrogen-bond donors (Lipinski definition) is 2. The molecular formula is C13H17NO6S. The topological polar surface area (TPSA) is 110 Å². The van der Waals surface area contributed by atoms with E-state index < -0.39 is 27.9 Å². The van der Waals surface area contributed by atoms with Crippen molar-refractivity contribution < 1.29 is 27.9 Å². The summed E-state index contributed by atoms with van der Waals surface area (Å²) in [6.45, 7) is 1.49. The number of benzene rings is 1. The van der Waals surface area contributed by atoms with Crippen LogP contribution in [-0.4, -0.2) is 39.1 Å². The predicted molar refractivity (Wildman–Crippen MR) is 74.4 cm³/mol. The van der Waals surface area contributed by atoms with Gasteiger partial charge in [-0.15, -0.1) is 0 Å². The van der Waals surface area contributed by atoms with E-state index in [0.29, 0.717) is 0 Å². The lowest BCUT2D eigenvalue weighted by molar-refractivity contribution is -0.141. The summed E-state index contributed by atoms with van der Waals surface area (Å²) in [7, 11) is -2.59. The van der Waals surface area contributed by atoms with Gasteiger partial charge >= 0.3 is 11.9 Å². The van der Waals surface area contributed by atoms with Crippen molar-refractivity contribution in [1.82, 2.24) is 4.72 Å². The minimum Gasteiger partial charge on any atom is -0.481 e. The van der Waals surface area contributed by atoms with Crippen molar-refractivity contribution in [2.24, 2.45) is 5.92 Å². The molecule has 7 nitrogen and oxygen atoms in total. The van der Waals surface area contributed by atoms with E-state index in [2.05, 4.69) is 9.46 Å². The summed E-state index contributed by atoms with van der Waals surface area (Å²) in [4.78, 5) is 21.9. The lowest BCUT2D eigenvalue weighted by Gasteiger charge is -2.09. The maximum atomic E-state index is 12.0. The van der Waals surface area contributed by atoms with Crippen molar-refractivity contribution in [1.29, 1.82) is 0 Å². The number of aliphatic carboxylic acids is 1. The van der Waals surface area contributed by atoms with Crippen molar-refractivity contribution in [3.05, 3.63) is 29.8 Å². The highest BCUT2D eigenvalue weighted by molar-refractivity contribution is 7.89. The van der Waals surface area contributed by atoms with Gasteiger partial charge in [0.25, 0.3) is 0 Å². The predicted octanol–water partition coefficient (Wildman–Crippen LogP) is 0.862. The Balaban J connectivity index is 2.79. The molecule has 0 amide bonds. The van der Waals surface area contributed by atoms with Crippen molar-refractivity contribution in [3.63, 3.8) is 0 Å². The maximum absolute atomic E-state index is 12.0. The number of sulfonamides is 1. The lowest BCUT2D eigenvalue weighted by atomic mass is 10.1. The van der Waals surface area contributed by atoms with Crippen LogP contribution in [0.5, 0.6) is 0 Å². The van der Waals surface area contributed by atoms with Crippen LogP contribution in [0.3, 0.4) is 0 Å². The maximum Gasteiger partial charge on any atom is 0.337 e. The van der Waals surface area contributed by atoms with Gasteiger partial charge in [-0.3, -0.25) is 4.79 Å². The van der Waals surface area contributed by atoms with Crippen molar-refractivity contribution in [3.8, 4) is 0 Å². The van der Waals surface area contributed by atoms with Gasteiger partial charge in [-0.05, 0) is 24.6 Å². The molecule has 1 rings (SSSR count). The highest BCUT2D eigenvalue weighted by atomic mass is 32.2. The van der Waals surface area contributed by atoms with Crippen LogP contribution in [0.25, 0.3) is 0 Å². The average molecular weight is 315 g/mol. The van der Waals surface area contributed by atoms with Gasteiger partial charge < -0.3 is 9.84 Å². The van der Waals surface area contributed by atoms with Gasteiger partial charge in [-0.1, -0.05) is 13.0 Å². The standard InChI is InChI=1S/C13H17NO6S/c1-9(12(15)16)6-7-14-21(18,19)11-5-3-4-10(8-11)13(17)20-2/h3-5,8-9,14H,6-7H2,1-2H3,(H,15,16). The SMILES string of the molecule is COC(=O)c1cccc(S(=O)(=O)NCCC(C)C(=O)O)c1. The largest absolute Gasteiger partial charge is 0.481 e. The molecule has 0 spiro atoms. The molecule has 0 aromatic heterocycles. The van der Waals surface area contributed by atoms with E-state index >= 15 is 0 Å². The second kappa shape index (κ2) is 7.19. The number of carbonyl (C=O) groups excluding carboxylic acids is 1. The van der Waals surface area contributed by atoms with E-state index in [9.17, 15) is 18.0 Å². The fourth-order valence-electron chi connectivity index (χ4n) is 1.52. The molecular weight excluding hydrogens is 298 g/mol. The Bertz CT molecular complexity index is 625.